The van der Waals surface area contributed by atoms with Gasteiger partial charge in [0.25, 0.3) is 0 Å². The van der Waals surface area contributed by atoms with Crippen molar-refractivity contribution in [3.8, 4) is 0 Å². The minimum absolute atomic E-state index is 0.499. The van der Waals surface area contributed by atoms with Crippen molar-refractivity contribution >= 4 is 47.0 Å². The molecule has 0 amide bonds. The molecule has 0 aromatic rings. The van der Waals surface area contributed by atoms with Crippen LogP contribution in [0.4, 0.5) is 0 Å². The Bertz CT molecular complexity index is 141. The Kier molecular flexibility index (Phi) is 2.67. The van der Waals surface area contributed by atoms with E-state index in [-0.39, 0.29) is 0 Å². The van der Waals surface area contributed by atoms with Crippen molar-refractivity contribution in [1.82, 2.24) is 0 Å². The van der Waals surface area contributed by atoms with Gasteiger partial charge in [0, 0.05) is 22.0 Å². The zero-order valence-electron chi connectivity index (χ0n) is 6.70. The largest absolute Gasteiger partial charge is 0.154 e. The molecule has 1 spiro atoms. The van der Waals surface area contributed by atoms with Gasteiger partial charge in [-0.3, -0.25) is 0 Å². The van der Waals surface area contributed by atoms with Crippen molar-refractivity contribution in [3.63, 3.8) is 0 Å². The first-order valence-electron chi connectivity index (χ1n) is 3.84. The van der Waals surface area contributed by atoms with E-state index in [4.69, 9.17) is 0 Å². The zero-order valence-corrected chi connectivity index (χ0v) is 9.97. The summed E-state index contributed by atoms with van der Waals surface area (Å²) >= 11 is 8.64. The van der Waals surface area contributed by atoms with Crippen molar-refractivity contribution in [1.29, 1.82) is 0 Å². The lowest BCUT2D eigenvalue weighted by atomic mass is 10.6. The van der Waals surface area contributed by atoms with Crippen LogP contribution in [-0.4, -0.2) is 24.7 Å². The molecule has 0 aromatic carbocycles. The van der Waals surface area contributed by atoms with Gasteiger partial charge in [-0.25, -0.2) is 0 Å². The zero-order chi connectivity index (χ0) is 7.90. The van der Waals surface area contributed by atoms with Crippen LogP contribution in [-0.2, 0) is 0 Å². The quantitative estimate of drug-likeness (QED) is 0.618. The Morgan fingerprint density at radius 3 is 1.73 bits per heavy atom. The van der Waals surface area contributed by atoms with Gasteiger partial charge < -0.3 is 0 Å². The van der Waals surface area contributed by atoms with Crippen molar-refractivity contribution < 1.29 is 0 Å². The summed E-state index contributed by atoms with van der Waals surface area (Å²) in [6, 6.07) is 0. The lowest BCUT2D eigenvalue weighted by Crippen LogP contribution is -2.01. The average molecular weight is 224 g/mol. The average Bonchev–Trinajstić information content (AvgIpc) is 2.44. The highest BCUT2D eigenvalue weighted by molar-refractivity contribution is 8.50. The van der Waals surface area contributed by atoms with Crippen LogP contribution >= 0.6 is 47.0 Å². The van der Waals surface area contributed by atoms with Crippen molar-refractivity contribution in [2.24, 2.45) is 0 Å². The van der Waals surface area contributed by atoms with Gasteiger partial charge >= 0.3 is 0 Å². The Hall–Kier alpha value is 1.40. The lowest BCUT2D eigenvalue weighted by Gasteiger charge is -2.18. The molecule has 2 aliphatic rings. The molecule has 0 aromatic heterocycles. The highest BCUT2D eigenvalue weighted by atomic mass is 32.3. The molecule has 2 atom stereocenters. The molecule has 2 fully saturated rings. The van der Waals surface area contributed by atoms with Crippen molar-refractivity contribution in [2.75, 3.05) is 11.5 Å². The second-order valence-electron chi connectivity index (χ2n) is 2.98. The van der Waals surface area contributed by atoms with E-state index in [0.717, 1.165) is 10.5 Å². The van der Waals surface area contributed by atoms with Gasteiger partial charge in [0.1, 0.15) is 0 Å². The van der Waals surface area contributed by atoms with Crippen LogP contribution in [0.5, 0.6) is 0 Å². The van der Waals surface area contributed by atoms with Gasteiger partial charge in [0.2, 0.25) is 0 Å². The fourth-order valence-electron chi connectivity index (χ4n) is 1.21. The maximum absolute atomic E-state index is 2.34. The molecule has 0 aliphatic carbocycles. The number of rotatable bonds is 0. The van der Waals surface area contributed by atoms with E-state index in [2.05, 4.69) is 60.9 Å². The molecular formula is C7H12S4. The summed E-state index contributed by atoms with van der Waals surface area (Å²) in [7, 11) is 0. The summed E-state index contributed by atoms with van der Waals surface area (Å²) < 4.78 is 0.499. The van der Waals surface area contributed by atoms with Crippen LogP contribution in [0, 0.1) is 0 Å². The molecule has 0 nitrogen and oxygen atoms in total. The molecular weight excluding hydrogens is 212 g/mol. The van der Waals surface area contributed by atoms with Crippen LogP contribution in [0.25, 0.3) is 0 Å². The summed E-state index contributed by atoms with van der Waals surface area (Å²) in [6.07, 6.45) is 0. The summed E-state index contributed by atoms with van der Waals surface area (Å²) in [5.74, 6) is 2.69. The molecule has 2 rings (SSSR count). The highest BCUT2D eigenvalue weighted by Gasteiger charge is 2.45. The van der Waals surface area contributed by atoms with E-state index >= 15 is 0 Å². The second kappa shape index (κ2) is 3.28. The molecule has 2 aliphatic heterocycles. The third-order valence-electron chi connectivity index (χ3n) is 1.68. The first-order chi connectivity index (χ1) is 5.20. The van der Waals surface area contributed by atoms with Crippen LogP contribution in [0.3, 0.4) is 0 Å². The van der Waals surface area contributed by atoms with Crippen LogP contribution in [0.1, 0.15) is 13.8 Å². The van der Waals surface area contributed by atoms with E-state index in [9.17, 15) is 0 Å². The molecule has 4 heteroatoms. The van der Waals surface area contributed by atoms with Crippen LogP contribution in [0.15, 0.2) is 0 Å². The van der Waals surface area contributed by atoms with Crippen LogP contribution in [0.2, 0.25) is 0 Å². The molecule has 0 N–H and O–H groups in total. The number of hydrogen-bond acceptors (Lipinski definition) is 4. The van der Waals surface area contributed by atoms with Gasteiger partial charge in [-0.2, -0.15) is 0 Å². The molecule has 0 bridgehead atoms. The number of thioether (sulfide) groups is 4. The molecule has 2 saturated heterocycles. The fraction of sp³-hybridized carbons (Fsp3) is 1.00. The van der Waals surface area contributed by atoms with Crippen LogP contribution < -0.4 is 0 Å². The third-order valence-corrected chi connectivity index (χ3v) is 9.71. The van der Waals surface area contributed by atoms with Crippen molar-refractivity contribution in [2.45, 2.75) is 27.1 Å². The van der Waals surface area contributed by atoms with Gasteiger partial charge in [-0.1, -0.05) is 13.8 Å². The summed E-state index contributed by atoms with van der Waals surface area (Å²) in [6.45, 7) is 4.69. The Labute approximate surface area is 85.4 Å². The maximum atomic E-state index is 2.34. The minimum Gasteiger partial charge on any atom is -0.122 e. The third kappa shape index (κ3) is 1.84. The van der Waals surface area contributed by atoms with E-state index in [1.165, 1.54) is 11.5 Å². The first-order valence-corrected chi connectivity index (χ1v) is 7.57. The summed E-state index contributed by atoms with van der Waals surface area (Å²) in [5.41, 5.74) is 0. The van der Waals surface area contributed by atoms with E-state index in [0.29, 0.717) is 2.74 Å². The van der Waals surface area contributed by atoms with Gasteiger partial charge in [-0.05, 0) is 0 Å². The molecule has 64 valence electrons. The van der Waals surface area contributed by atoms with E-state index in [1.54, 1.807) is 0 Å². The number of hydrogen-bond donors (Lipinski definition) is 0. The topological polar surface area (TPSA) is 0 Å². The fourth-order valence-corrected chi connectivity index (χ4v) is 9.85. The second-order valence-corrected chi connectivity index (χ2v) is 10.3. The monoisotopic (exact) mass is 224 g/mol. The summed E-state index contributed by atoms with van der Waals surface area (Å²) in [4.78, 5) is 0. The van der Waals surface area contributed by atoms with E-state index in [1.807, 2.05) is 0 Å². The Morgan fingerprint density at radius 1 is 1.00 bits per heavy atom. The predicted octanol–water partition coefficient (Wildman–Crippen LogP) is 3.33. The lowest BCUT2D eigenvalue weighted by molar-refractivity contribution is 1.15. The Balaban J connectivity index is 2.02. The Morgan fingerprint density at radius 2 is 1.45 bits per heavy atom. The molecule has 0 saturated carbocycles. The first kappa shape index (κ1) is 8.97. The van der Waals surface area contributed by atoms with Crippen molar-refractivity contribution in [3.05, 3.63) is 0 Å². The standard InChI is InChI=1S/C7H12S4/c1-5-3-8-7(10-5)9-4-6(2)11-7/h5-6H,3-4H2,1-2H3. The highest BCUT2D eigenvalue weighted by Crippen LogP contribution is 2.66. The SMILES string of the molecule is CC1CSC2(SCC(C)S2)S1. The molecule has 11 heavy (non-hydrogen) atoms. The molecule has 2 heterocycles. The van der Waals surface area contributed by atoms with Gasteiger partial charge in [-0.15, -0.1) is 47.0 Å². The normalized spacial score (nSPS) is 50.7. The van der Waals surface area contributed by atoms with E-state index < -0.39 is 0 Å². The van der Waals surface area contributed by atoms with Gasteiger partial charge in [0.05, 0.1) is 0 Å². The molecule has 0 radical (unpaired) electrons. The summed E-state index contributed by atoms with van der Waals surface area (Å²) in [5, 5.41) is 1.73. The predicted molar refractivity (Wildman–Crippen MR) is 61.8 cm³/mol. The smallest absolute Gasteiger partial charge is 0.122 e. The minimum atomic E-state index is 0.499. The maximum Gasteiger partial charge on any atom is 0.154 e. The van der Waals surface area contributed by atoms with Gasteiger partial charge in [0.15, 0.2) is 2.74 Å². The molecule has 2 unspecified atom stereocenters.